The van der Waals surface area contributed by atoms with E-state index in [9.17, 15) is 65.1 Å². The predicted octanol–water partition coefficient (Wildman–Crippen LogP) is 10.7. The van der Waals surface area contributed by atoms with Crippen LogP contribution in [0, 0.1) is 88.3 Å². The molecule has 28 heteroatoms. The van der Waals surface area contributed by atoms with E-state index < -0.39 is 102 Å². The van der Waals surface area contributed by atoms with Crippen molar-refractivity contribution in [3.63, 3.8) is 0 Å². The Kier molecular flexibility index (Phi) is 39.8. The first kappa shape index (κ1) is 87.5. The van der Waals surface area contributed by atoms with Gasteiger partial charge in [-0.2, -0.15) is 8.78 Å². The van der Waals surface area contributed by atoms with E-state index in [2.05, 4.69) is 74.5 Å². The van der Waals surface area contributed by atoms with Crippen molar-refractivity contribution in [3.05, 3.63) is 29.1 Å². The highest BCUT2D eigenvalue weighted by Crippen LogP contribution is 2.39. The maximum Gasteiger partial charge on any atom is 0.311 e. The van der Waals surface area contributed by atoms with Crippen molar-refractivity contribution in [1.29, 1.82) is 0 Å². The van der Waals surface area contributed by atoms with Crippen LogP contribution < -0.4 is 26.0 Å². The SMILES string of the molecule is CC(=O)OCC1O[C@@H](OCCCCC(=O)NCCCCC(CC(=O)C(CCCCNC(=O)CCCCO[C@@H]2OC(COC(C)=O)[C@H](C)[C@H](C)C2C)NC(=O)CCCCO[C@@H]2OC(COC(C)=O)[C@H](C)[C@H](C)C2C)C(=O)NCCCCCC(=O)Oc2c(F)c(F)c(F)c(F)c2F)C(C)[C@@H](C)[C@H]1C. The first-order valence-corrected chi connectivity index (χ1v) is 36.5. The Balaban J connectivity index is 1.36. The predicted molar refractivity (Wildman–Crippen MR) is 360 cm³/mol. The number of esters is 4. The molecule has 3 saturated heterocycles. The molecule has 576 valence electrons. The molecule has 3 heterocycles. The highest BCUT2D eigenvalue weighted by molar-refractivity contribution is 5.92. The smallest absolute Gasteiger partial charge is 0.311 e. The van der Waals surface area contributed by atoms with E-state index >= 15 is 0 Å². The molecule has 0 aliphatic carbocycles. The van der Waals surface area contributed by atoms with Gasteiger partial charge in [0.25, 0.3) is 0 Å². The largest absolute Gasteiger partial charge is 0.463 e. The van der Waals surface area contributed by atoms with Crippen LogP contribution in [0.4, 0.5) is 22.0 Å². The van der Waals surface area contributed by atoms with E-state index in [4.69, 9.17) is 42.6 Å². The Morgan fingerprint density at radius 3 is 1.16 bits per heavy atom. The molecule has 1 aromatic rings. The Morgan fingerprint density at radius 1 is 0.396 bits per heavy atom. The number of halogens is 5. The lowest BCUT2D eigenvalue weighted by atomic mass is 9.79. The molecule has 23 nitrogen and oxygen atoms in total. The second kappa shape index (κ2) is 46.0. The van der Waals surface area contributed by atoms with E-state index in [1.807, 2.05) is 13.8 Å². The molecule has 0 radical (unpaired) electrons. The number of nitrogens with one attached hydrogen (secondary N) is 4. The van der Waals surface area contributed by atoms with Crippen molar-refractivity contribution in [1.82, 2.24) is 21.3 Å². The summed E-state index contributed by atoms with van der Waals surface area (Å²) in [5.41, 5.74) is 0. The van der Waals surface area contributed by atoms with E-state index in [0.29, 0.717) is 84.0 Å². The van der Waals surface area contributed by atoms with Gasteiger partial charge in [0.2, 0.25) is 58.5 Å². The van der Waals surface area contributed by atoms with Crippen LogP contribution in [0.15, 0.2) is 0 Å². The third-order valence-corrected chi connectivity index (χ3v) is 20.4. The third kappa shape index (κ3) is 30.4. The van der Waals surface area contributed by atoms with Gasteiger partial charge in [0.15, 0.2) is 24.7 Å². The fraction of sp³-hybridized carbons (Fsp3) is 0.795. The highest BCUT2D eigenvalue weighted by atomic mass is 19.2. The topological polar surface area (TPSA) is 294 Å². The molecule has 0 saturated carbocycles. The molecule has 8 unspecified atom stereocenters. The lowest BCUT2D eigenvalue weighted by Crippen LogP contribution is -2.47. The molecule has 4 N–H and O–H groups in total. The van der Waals surface area contributed by atoms with Crippen molar-refractivity contribution in [2.24, 2.45) is 59.2 Å². The monoisotopic (exact) mass is 1450 g/mol. The Hall–Kier alpha value is -5.94. The molecule has 3 fully saturated rings. The summed E-state index contributed by atoms with van der Waals surface area (Å²) in [6.07, 6.45) is 3.15. The number of amides is 4. The summed E-state index contributed by atoms with van der Waals surface area (Å²) in [6.45, 7) is 24.7. The number of benzene rings is 1. The van der Waals surface area contributed by atoms with E-state index in [1.165, 1.54) is 20.8 Å². The first-order chi connectivity index (χ1) is 47.9. The van der Waals surface area contributed by atoms with Crippen molar-refractivity contribution in [2.75, 3.05) is 59.3 Å². The summed E-state index contributed by atoms with van der Waals surface area (Å²) < 4.78 is 126. The summed E-state index contributed by atoms with van der Waals surface area (Å²) in [7, 11) is 0. The number of carbonyl (C=O) groups is 9. The molecule has 101 heavy (non-hydrogen) atoms. The summed E-state index contributed by atoms with van der Waals surface area (Å²) >= 11 is 0. The molecular weight excluding hydrogens is 1330 g/mol. The van der Waals surface area contributed by atoms with E-state index in [-0.39, 0.29) is 193 Å². The van der Waals surface area contributed by atoms with Crippen molar-refractivity contribution >= 4 is 53.3 Å². The summed E-state index contributed by atoms with van der Waals surface area (Å²) in [5.74, 6) is -16.9. The van der Waals surface area contributed by atoms with Gasteiger partial charge < -0.3 is 68.6 Å². The van der Waals surface area contributed by atoms with Crippen LogP contribution in [0.2, 0.25) is 0 Å². The number of hydrogen-bond acceptors (Lipinski definition) is 19. The van der Waals surface area contributed by atoms with Gasteiger partial charge in [-0.3, -0.25) is 43.2 Å². The van der Waals surface area contributed by atoms with Crippen LogP contribution in [-0.4, -0.2) is 156 Å². The third-order valence-electron chi connectivity index (χ3n) is 20.4. The van der Waals surface area contributed by atoms with Gasteiger partial charge in [0.05, 0.1) is 24.4 Å². The molecule has 3 aliphatic rings. The van der Waals surface area contributed by atoms with Crippen LogP contribution in [0.1, 0.15) is 212 Å². The summed E-state index contributed by atoms with van der Waals surface area (Å²) in [6, 6.07) is -1.01. The first-order valence-electron chi connectivity index (χ1n) is 36.5. The fourth-order valence-corrected chi connectivity index (χ4v) is 12.6. The van der Waals surface area contributed by atoms with Crippen LogP contribution in [0.25, 0.3) is 0 Å². The molecule has 3 aliphatic heterocycles. The average molecular weight is 1450 g/mol. The lowest BCUT2D eigenvalue weighted by Gasteiger charge is -2.43. The fourth-order valence-electron chi connectivity index (χ4n) is 12.6. The van der Waals surface area contributed by atoms with Crippen molar-refractivity contribution < 1.29 is 112 Å². The molecule has 1 aromatic carbocycles. The minimum absolute atomic E-state index is 0.0348. The summed E-state index contributed by atoms with van der Waals surface area (Å²) in [5, 5.41) is 11.6. The molecule has 4 rings (SSSR count). The lowest BCUT2D eigenvalue weighted by molar-refractivity contribution is -0.255. The van der Waals surface area contributed by atoms with Gasteiger partial charge in [-0.25, -0.2) is 13.2 Å². The van der Waals surface area contributed by atoms with Gasteiger partial charge in [-0.15, -0.1) is 0 Å². The zero-order valence-electron chi connectivity index (χ0n) is 61.5. The molecule has 0 aromatic heterocycles. The quantitative estimate of drug-likeness (QED) is 0.00897. The van der Waals surface area contributed by atoms with Gasteiger partial charge in [0.1, 0.15) is 19.8 Å². The van der Waals surface area contributed by atoms with Crippen molar-refractivity contribution in [2.45, 2.75) is 255 Å². The molecule has 0 spiro atoms. The van der Waals surface area contributed by atoms with Crippen LogP contribution in [-0.2, 0) is 85.8 Å². The summed E-state index contributed by atoms with van der Waals surface area (Å²) in [4.78, 5) is 115. The number of ether oxygens (including phenoxy) is 10. The van der Waals surface area contributed by atoms with Crippen LogP contribution in [0.3, 0.4) is 0 Å². The van der Waals surface area contributed by atoms with Gasteiger partial charge in [-0.1, -0.05) is 75.2 Å². The number of ketones is 1. The Labute approximate surface area is 592 Å². The minimum Gasteiger partial charge on any atom is -0.463 e. The zero-order valence-corrected chi connectivity index (χ0v) is 61.5. The maximum absolute atomic E-state index is 14.5. The standard InChI is InChI=1S/C73H115F5N4O19/c1-42-45(4)57(39-95-51(10)83)98-71(48(42)7)92-35-23-17-28-60(87)79-32-21-15-26-54(70(91)81-34-20-13-14-31-63(90)101-69-67(77)65(75)64(74)66(76)68(69)78)38-56(86)55(82-62(89)30-19-25-37-94-73-50(9)44(3)47(6)59(100-73)41-97-53(12)85)27-16-22-33-80-61(88)29-18-24-36-93-72-49(8)43(2)46(5)58(99-72)40-96-52(11)84/h42-50,54-55,57-59,71-73H,13-41H2,1-12H3,(H,79,87)(H,80,88)(H,81,91)(H,82,89)/t42-,43-,44-,45+,46+,47+,48?,49?,50?,54?,55?,57?,58?,59?,71+,72+,73+/m0/s1. The number of carbonyl (C=O) groups excluding carboxylic acids is 9. The van der Waals surface area contributed by atoms with E-state index in [1.54, 1.807) is 0 Å². The second-order valence-electron chi connectivity index (χ2n) is 27.9. The normalized spacial score (nSPS) is 25.6. The number of rotatable bonds is 46. The van der Waals surface area contributed by atoms with Crippen molar-refractivity contribution in [3.8, 4) is 5.75 Å². The Bertz CT molecular complexity index is 2760. The molecular formula is C73H115F5N4O19. The van der Waals surface area contributed by atoms with Gasteiger partial charge in [0, 0.05) is 116 Å². The van der Waals surface area contributed by atoms with Crippen LogP contribution in [0.5, 0.6) is 5.75 Å². The van der Waals surface area contributed by atoms with E-state index in [0.717, 1.165) is 0 Å². The molecule has 17 atom stereocenters. The minimum atomic E-state index is -2.40. The number of Topliss-reactive ketones (excluding diaryl/α,β-unsaturated/α-hetero) is 1. The highest BCUT2D eigenvalue weighted by Gasteiger charge is 2.43. The molecule has 4 amide bonds. The van der Waals surface area contributed by atoms with Gasteiger partial charge in [-0.05, 0) is 119 Å². The zero-order chi connectivity index (χ0) is 74.9. The number of unbranched alkanes of at least 4 members (excludes halogenated alkanes) is 7. The number of hydrogen-bond donors (Lipinski definition) is 4. The maximum atomic E-state index is 14.5. The average Bonchev–Trinajstić information content (AvgIpc) is 0.798. The molecule has 0 bridgehead atoms. The van der Waals surface area contributed by atoms with Gasteiger partial charge >= 0.3 is 23.9 Å². The second-order valence-corrected chi connectivity index (χ2v) is 27.9. The van der Waals surface area contributed by atoms with Crippen LogP contribution >= 0.6 is 0 Å². The Morgan fingerprint density at radius 2 is 0.752 bits per heavy atom.